The minimum absolute atomic E-state index is 0.264. The van der Waals surface area contributed by atoms with E-state index in [0.717, 1.165) is 11.8 Å². The molecule has 2 atom stereocenters. The zero-order chi connectivity index (χ0) is 21.7. The summed E-state index contributed by atoms with van der Waals surface area (Å²) in [5, 5.41) is 3.86. The second-order valence-corrected chi connectivity index (χ2v) is 8.96. The van der Waals surface area contributed by atoms with Crippen LogP contribution in [0.4, 0.5) is 0 Å². The van der Waals surface area contributed by atoms with E-state index in [9.17, 15) is 13.3 Å². The highest BCUT2D eigenvalue weighted by Crippen LogP contribution is 2.34. The van der Waals surface area contributed by atoms with Gasteiger partial charge in [-0.3, -0.25) is 0 Å². The molecule has 0 aliphatic rings. The van der Waals surface area contributed by atoms with Gasteiger partial charge >= 0.3 is 0 Å². The van der Waals surface area contributed by atoms with Gasteiger partial charge in [0.25, 0.3) is 0 Å². The standard InChI is InChI=1S/C21H20ClN3O4S/c1-14(25-30(2,27)28)15-5-7-16(8-6-15)20(24-26)19-4-3-13-23-21(19)29-18-11-9-17(22)10-12-18/h3-14,20,25H,1-2H3/t14-,20?/m0/s1. The summed E-state index contributed by atoms with van der Waals surface area (Å²) in [6.45, 7) is 1.74. The quantitative estimate of drug-likeness (QED) is 0.492. The van der Waals surface area contributed by atoms with Gasteiger partial charge in [0, 0.05) is 22.8 Å². The van der Waals surface area contributed by atoms with Crippen molar-refractivity contribution in [1.82, 2.24) is 9.71 Å². The van der Waals surface area contributed by atoms with E-state index in [0.29, 0.717) is 21.9 Å². The Morgan fingerprint density at radius 2 is 1.67 bits per heavy atom. The van der Waals surface area contributed by atoms with E-state index in [1.165, 1.54) is 0 Å². The Hall–Kier alpha value is -2.81. The van der Waals surface area contributed by atoms with Crippen LogP contribution in [0, 0.1) is 4.91 Å². The average Bonchev–Trinajstić information content (AvgIpc) is 2.71. The summed E-state index contributed by atoms with van der Waals surface area (Å²) in [6.07, 6.45) is 2.67. The largest absolute Gasteiger partial charge is 0.439 e. The van der Waals surface area contributed by atoms with Crippen LogP contribution >= 0.6 is 11.6 Å². The number of pyridine rings is 1. The Bertz CT molecular complexity index is 1120. The highest BCUT2D eigenvalue weighted by atomic mass is 35.5. The summed E-state index contributed by atoms with van der Waals surface area (Å²) in [5.41, 5.74) is 1.91. The lowest BCUT2D eigenvalue weighted by Gasteiger charge is -2.16. The molecule has 2 aromatic carbocycles. The molecule has 1 unspecified atom stereocenters. The molecule has 3 aromatic rings. The number of benzene rings is 2. The van der Waals surface area contributed by atoms with Crippen molar-refractivity contribution < 1.29 is 13.2 Å². The van der Waals surface area contributed by atoms with Crippen LogP contribution in [0.2, 0.25) is 5.02 Å². The van der Waals surface area contributed by atoms with Gasteiger partial charge in [-0.1, -0.05) is 41.0 Å². The second-order valence-electron chi connectivity index (χ2n) is 6.74. The fourth-order valence-corrected chi connectivity index (χ4v) is 3.87. The van der Waals surface area contributed by atoms with Crippen LogP contribution in [0.1, 0.15) is 35.7 Å². The number of rotatable bonds is 8. The number of halogens is 1. The van der Waals surface area contributed by atoms with Crippen LogP contribution in [0.25, 0.3) is 0 Å². The number of aromatic nitrogens is 1. The third kappa shape index (κ3) is 5.63. The summed E-state index contributed by atoms with van der Waals surface area (Å²) in [7, 11) is -3.34. The molecule has 7 nitrogen and oxygen atoms in total. The van der Waals surface area contributed by atoms with Crippen LogP contribution in [-0.4, -0.2) is 19.7 Å². The first kappa shape index (κ1) is 21.9. The first-order chi connectivity index (χ1) is 14.3. The molecule has 0 fully saturated rings. The highest BCUT2D eigenvalue weighted by Gasteiger charge is 2.21. The first-order valence-corrected chi connectivity index (χ1v) is 11.3. The van der Waals surface area contributed by atoms with Crippen molar-refractivity contribution in [3.8, 4) is 11.6 Å². The lowest BCUT2D eigenvalue weighted by atomic mass is 9.98. The van der Waals surface area contributed by atoms with Crippen molar-refractivity contribution in [1.29, 1.82) is 0 Å². The number of nitrogens with one attached hydrogen (secondary N) is 1. The Morgan fingerprint density at radius 1 is 1.03 bits per heavy atom. The lowest BCUT2D eigenvalue weighted by Crippen LogP contribution is -2.25. The molecule has 1 heterocycles. The summed E-state index contributed by atoms with van der Waals surface area (Å²) < 4.78 is 31.2. The predicted molar refractivity (Wildman–Crippen MR) is 116 cm³/mol. The average molecular weight is 446 g/mol. The molecule has 30 heavy (non-hydrogen) atoms. The molecule has 9 heteroatoms. The van der Waals surface area contributed by atoms with Gasteiger partial charge in [-0.05, 0) is 54.4 Å². The number of hydrogen-bond donors (Lipinski definition) is 1. The smallest absolute Gasteiger partial charge is 0.225 e. The Balaban J connectivity index is 1.87. The molecule has 0 aliphatic heterocycles. The normalized spacial score (nSPS) is 13.4. The maximum atomic E-state index is 11.7. The van der Waals surface area contributed by atoms with Crippen LogP contribution in [0.3, 0.4) is 0 Å². The maximum Gasteiger partial charge on any atom is 0.225 e. The Morgan fingerprint density at radius 3 is 2.27 bits per heavy atom. The van der Waals surface area contributed by atoms with E-state index in [1.54, 1.807) is 73.8 Å². The molecule has 156 valence electrons. The van der Waals surface area contributed by atoms with Crippen molar-refractivity contribution in [3.05, 3.63) is 93.5 Å². The number of hydrogen-bond acceptors (Lipinski definition) is 6. The van der Waals surface area contributed by atoms with Crippen molar-refractivity contribution in [2.75, 3.05) is 6.26 Å². The van der Waals surface area contributed by atoms with E-state index < -0.39 is 22.1 Å². The van der Waals surface area contributed by atoms with Crippen molar-refractivity contribution in [2.45, 2.75) is 19.0 Å². The number of ether oxygens (including phenoxy) is 1. The maximum absolute atomic E-state index is 11.7. The Labute approximate surface area is 180 Å². The molecule has 1 aromatic heterocycles. The van der Waals surface area contributed by atoms with Gasteiger partial charge in [-0.2, -0.15) is 0 Å². The fraction of sp³-hybridized carbons (Fsp3) is 0.190. The monoisotopic (exact) mass is 445 g/mol. The molecule has 0 amide bonds. The molecule has 0 radical (unpaired) electrons. The zero-order valence-electron chi connectivity index (χ0n) is 16.3. The molecule has 0 saturated heterocycles. The topological polar surface area (TPSA) is 97.7 Å². The summed E-state index contributed by atoms with van der Waals surface area (Å²) in [6, 6.07) is 16.0. The lowest BCUT2D eigenvalue weighted by molar-refractivity contribution is 0.453. The van der Waals surface area contributed by atoms with Crippen molar-refractivity contribution >= 4 is 21.6 Å². The van der Waals surface area contributed by atoms with Gasteiger partial charge < -0.3 is 4.74 Å². The molecule has 0 aliphatic carbocycles. The van der Waals surface area contributed by atoms with E-state index in [2.05, 4.69) is 14.9 Å². The van der Waals surface area contributed by atoms with Crippen LogP contribution in [0.5, 0.6) is 11.6 Å². The highest BCUT2D eigenvalue weighted by molar-refractivity contribution is 7.88. The number of nitroso groups, excluding NO2 is 1. The third-order valence-electron chi connectivity index (χ3n) is 4.37. The molecule has 1 N–H and O–H groups in total. The SMILES string of the molecule is C[C@H](NS(C)(=O)=O)c1ccc(C(N=O)c2cccnc2Oc2ccc(Cl)cc2)cc1. The molecule has 0 saturated carbocycles. The van der Waals surface area contributed by atoms with Crippen molar-refractivity contribution in [3.63, 3.8) is 0 Å². The first-order valence-electron chi connectivity index (χ1n) is 9.05. The minimum Gasteiger partial charge on any atom is -0.439 e. The van der Waals surface area contributed by atoms with Crippen LogP contribution in [0.15, 0.2) is 72.0 Å². The van der Waals surface area contributed by atoms with Gasteiger partial charge in [-0.15, -0.1) is 4.91 Å². The number of nitrogens with zero attached hydrogens (tertiary/aromatic N) is 2. The second kappa shape index (κ2) is 9.34. The predicted octanol–water partition coefficient (Wildman–Crippen LogP) is 4.99. The third-order valence-corrected chi connectivity index (χ3v) is 5.41. The van der Waals surface area contributed by atoms with Gasteiger partial charge in [-0.25, -0.2) is 18.1 Å². The van der Waals surface area contributed by atoms with Gasteiger partial charge in [0.1, 0.15) is 11.8 Å². The molecular formula is C21H20ClN3O4S. The minimum atomic E-state index is -3.34. The summed E-state index contributed by atoms with van der Waals surface area (Å²) in [5.74, 6) is 0.792. The molecule has 0 bridgehead atoms. The van der Waals surface area contributed by atoms with Gasteiger partial charge in [0.2, 0.25) is 15.9 Å². The van der Waals surface area contributed by atoms with Crippen molar-refractivity contribution in [2.24, 2.45) is 5.18 Å². The van der Waals surface area contributed by atoms with Crippen LogP contribution in [-0.2, 0) is 10.0 Å². The Kier molecular flexibility index (Phi) is 6.81. The molecule has 0 spiro atoms. The fourth-order valence-electron chi connectivity index (χ4n) is 2.96. The zero-order valence-corrected chi connectivity index (χ0v) is 17.9. The van der Waals surface area contributed by atoms with Gasteiger partial charge in [0.15, 0.2) is 0 Å². The van der Waals surface area contributed by atoms with E-state index in [-0.39, 0.29) is 5.88 Å². The molecule has 3 rings (SSSR count). The van der Waals surface area contributed by atoms with E-state index in [1.807, 2.05) is 0 Å². The van der Waals surface area contributed by atoms with E-state index in [4.69, 9.17) is 16.3 Å². The van der Waals surface area contributed by atoms with E-state index >= 15 is 0 Å². The molecular weight excluding hydrogens is 426 g/mol. The van der Waals surface area contributed by atoms with Gasteiger partial charge in [0.05, 0.1) is 6.26 Å². The summed E-state index contributed by atoms with van der Waals surface area (Å²) in [4.78, 5) is 16.0. The number of sulfonamides is 1. The van der Waals surface area contributed by atoms with Crippen LogP contribution < -0.4 is 9.46 Å². The summed E-state index contributed by atoms with van der Waals surface area (Å²) >= 11 is 5.90.